The van der Waals surface area contributed by atoms with Gasteiger partial charge in [0, 0.05) is 31.5 Å². The lowest BCUT2D eigenvalue weighted by Crippen LogP contribution is -2.21. The lowest BCUT2D eigenvalue weighted by atomic mass is 10.1. The summed E-state index contributed by atoms with van der Waals surface area (Å²) in [5, 5.41) is 9.21. The average molecular weight is 283 g/mol. The summed E-state index contributed by atoms with van der Waals surface area (Å²) in [6.45, 7) is 0. The third-order valence-electron chi connectivity index (χ3n) is 2.89. The molecule has 0 amide bonds. The van der Waals surface area contributed by atoms with Crippen LogP contribution in [0.5, 0.6) is 0 Å². The number of nitriles is 1. The Bertz CT molecular complexity index is 768. The summed E-state index contributed by atoms with van der Waals surface area (Å²) in [5.41, 5.74) is 0.695. The summed E-state index contributed by atoms with van der Waals surface area (Å²) in [4.78, 5) is 14.2. The monoisotopic (exact) mass is 283 g/mol. The molecule has 5 heteroatoms. The molecule has 0 N–H and O–H groups in total. The summed E-state index contributed by atoms with van der Waals surface area (Å²) in [6, 6.07) is 9.15. The highest BCUT2D eigenvalue weighted by Crippen LogP contribution is 2.11. The first-order valence-electron chi connectivity index (χ1n) is 6.29. The molecule has 0 aliphatic rings. The summed E-state index contributed by atoms with van der Waals surface area (Å²) in [6.07, 6.45) is 5.04. The van der Waals surface area contributed by atoms with Gasteiger partial charge in [0.05, 0.1) is 0 Å². The van der Waals surface area contributed by atoms with Crippen molar-refractivity contribution < 1.29 is 4.39 Å². The Kier molecular flexibility index (Phi) is 4.19. The second-order valence-electron chi connectivity index (χ2n) is 4.69. The Morgan fingerprint density at radius 1 is 1.24 bits per heavy atom. The van der Waals surface area contributed by atoms with Gasteiger partial charge in [-0.3, -0.25) is 9.36 Å². The van der Waals surface area contributed by atoms with E-state index in [2.05, 4.69) is 0 Å². The molecule has 0 aliphatic heterocycles. The molecule has 0 spiro atoms. The first kappa shape index (κ1) is 14.5. The molecule has 0 saturated heterocycles. The van der Waals surface area contributed by atoms with Crippen LogP contribution in [0.2, 0.25) is 0 Å². The van der Waals surface area contributed by atoms with Crippen LogP contribution in [0.3, 0.4) is 0 Å². The van der Waals surface area contributed by atoms with Gasteiger partial charge in [-0.25, -0.2) is 4.39 Å². The minimum Gasteiger partial charge on any atom is -0.383 e. The Labute approximate surface area is 122 Å². The molecule has 2 aromatic rings. The van der Waals surface area contributed by atoms with Crippen molar-refractivity contribution in [2.45, 2.75) is 0 Å². The van der Waals surface area contributed by atoms with E-state index < -0.39 is 5.56 Å². The van der Waals surface area contributed by atoms with Crippen molar-refractivity contribution in [1.29, 1.82) is 5.26 Å². The van der Waals surface area contributed by atoms with Gasteiger partial charge in [0.1, 0.15) is 17.4 Å². The number of hydrogen-bond donors (Lipinski definition) is 0. The van der Waals surface area contributed by atoms with E-state index in [4.69, 9.17) is 0 Å². The predicted molar refractivity (Wildman–Crippen MR) is 79.4 cm³/mol. The highest BCUT2D eigenvalue weighted by atomic mass is 19.1. The Balaban J connectivity index is 2.55. The van der Waals surface area contributed by atoms with Gasteiger partial charge < -0.3 is 4.90 Å². The van der Waals surface area contributed by atoms with Gasteiger partial charge >= 0.3 is 0 Å². The van der Waals surface area contributed by atoms with Gasteiger partial charge in [-0.1, -0.05) is 0 Å². The Morgan fingerprint density at radius 2 is 1.90 bits per heavy atom. The third-order valence-corrected chi connectivity index (χ3v) is 2.89. The number of aromatic nitrogens is 1. The largest absolute Gasteiger partial charge is 0.383 e. The van der Waals surface area contributed by atoms with Crippen molar-refractivity contribution in [3.63, 3.8) is 0 Å². The molecule has 106 valence electrons. The quantitative estimate of drug-likeness (QED) is 0.869. The van der Waals surface area contributed by atoms with Crippen LogP contribution in [-0.2, 0) is 0 Å². The standard InChI is InChI=1S/C16H14FN3O/c1-19(2)9-7-12-8-10-20(16(21)15(12)11-18)14-5-3-13(17)4-6-14/h3-10H,1-2H3/b9-7+. The normalized spacial score (nSPS) is 10.6. The van der Waals surface area contributed by atoms with Crippen LogP contribution in [0.25, 0.3) is 11.8 Å². The second-order valence-corrected chi connectivity index (χ2v) is 4.69. The number of rotatable bonds is 3. The molecule has 21 heavy (non-hydrogen) atoms. The lowest BCUT2D eigenvalue weighted by molar-refractivity contribution is 0.567. The van der Waals surface area contributed by atoms with Crippen molar-refractivity contribution in [2.75, 3.05) is 14.1 Å². The average Bonchev–Trinajstić information content (AvgIpc) is 2.46. The number of nitrogens with zero attached hydrogens (tertiary/aromatic N) is 3. The van der Waals surface area contributed by atoms with Crippen molar-refractivity contribution in [1.82, 2.24) is 9.47 Å². The summed E-state index contributed by atoms with van der Waals surface area (Å²) in [5.74, 6) is -0.377. The van der Waals surface area contributed by atoms with E-state index in [1.807, 2.05) is 25.1 Å². The summed E-state index contributed by atoms with van der Waals surface area (Å²) >= 11 is 0. The van der Waals surface area contributed by atoms with Gasteiger partial charge in [0.15, 0.2) is 0 Å². The fraction of sp³-hybridized carbons (Fsp3) is 0.125. The molecule has 0 fully saturated rings. The fourth-order valence-corrected chi connectivity index (χ4v) is 1.84. The van der Waals surface area contributed by atoms with Crippen molar-refractivity contribution in [2.24, 2.45) is 0 Å². The first-order chi connectivity index (χ1) is 10.0. The molecular weight excluding hydrogens is 269 g/mol. The molecule has 1 aromatic carbocycles. The molecule has 4 nitrogen and oxygen atoms in total. The van der Waals surface area contributed by atoms with E-state index in [1.54, 1.807) is 24.5 Å². The zero-order valence-corrected chi connectivity index (χ0v) is 11.7. The van der Waals surface area contributed by atoms with Crippen molar-refractivity contribution in [3.8, 4) is 11.8 Å². The zero-order chi connectivity index (χ0) is 15.4. The molecule has 1 aromatic heterocycles. The molecule has 0 aliphatic carbocycles. The van der Waals surface area contributed by atoms with E-state index >= 15 is 0 Å². The van der Waals surface area contributed by atoms with Gasteiger partial charge in [-0.2, -0.15) is 5.26 Å². The number of benzene rings is 1. The van der Waals surface area contributed by atoms with E-state index in [-0.39, 0.29) is 11.4 Å². The van der Waals surface area contributed by atoms with E-state index in [0.717, 1.165) is 0 Å². The second kappa shape index (κ2) is 6.06. The summed E-state index contributed by atoms with van der Waals surface area (Å²) < 4.78 is 14.3. The van der Waals surface area contributed by atoms with Crippen LogP contribution < -0.4 is 5.56 Å². The Morgan fingerprint density at radius 3 is 2.48 bits per heavy atom. The maximum atomic E-state index is 12.9. The number of hydrogen-bond acceptors (Lipinski definition) is 3. The van der Waals surface area contributed by atoms with Gasteiger partial charge in [-0.05, 0) is 42.6 Å². The van der Waals surface area contributed by atoms with Crippen LogP contribution in [-0.4, -0.2) is 23.6 Å². The van der Waals surface area contributed by atoms with Crippen LogP contribution in [0.4, 0.5) is 4.39 Å². The van der Waals surface area contributed by atoms with Gasteiger partial charge in [-0.15, -0.1) is 0 Å². The van der Waals surface area contributed by atoms with Crippen LogP contribution in [0.15, 0.2) is 47.5 Å². The fourth-order valence-electron chi connectivity index (χ4n) is 1.84. The molecule has 1 heterocycles. The third kappa shape index (κ3) is 3.18. The van der Waals surface area contributed by atoms with E-state index in [9.17, 15) is 14.4 Å². The highest BCUT2D eigenvalue weighted by molar-refractivity contribution is 5.57. The first-order valence-corrected chi connectivity index (χ1v) is 6.29. The molecule has 2 rings (SSSR count). The van der Waals surface area contributed by atoms with Crippen molar-refractivity contribution in [3.05, 3.63) is 70.0 Å². The van der Waals surface area contributed by atoms with Crippen molar-refractivity contribution >= 4 is 6.08 Å². The Hall–Kier alpha value is -2.87. The molecule has 0 atom stereocenters. The van der Waals surface area contributed by atoms with Crippen LogP contribution in [0.1, 0.15) is 11.1 Å². The molecule has 0 saturated carbocycles. The summed E-state index contributed by atoms with van der Waals surface area (Å²) in [7, 11) is 3.70. The minimum absolute atomic E-state index is 0.0555. The van der Waals surface area contributed by atoms with Crippen LogP contribution >= 0.6 is 0 Å². The molecule has 0 radical (unpaired) electrons. The molecule has 0 bridgehead atoms. The van der Waals surface area contributed by atoms with Gasteiger partial charge in [0.2, 0.25) is 0 Å². The number of pyridine rings is 1. The smallest absolute Gasteiger partial charge is 0.273 e. The maximum Gasteiger partial charge on any atom is 0.273 e. The lowest BCUT2D eigenvalue weighted by Gasteiger charge is -2.08. The van der Waals surface area contributed by atoms with E-state index in [0.29, 0.717) is 11.3 Å². The van der Waals surface area contributed by atoms with Crippen LogP contribution in [0, 0.1) is 17.1 Å². The highest BCUT2D eigenvalue weighted by Gasteiger charge is 2.09. The minimum atomic E-state index is -0.426. The maximum absolute atomic E-state index is 12.9. The SMILES string of the molecule is CN(C)/C=C/c1ccn(-c2ccc(F)cc2)c(=O)c1C#N. The topological polar surface area (TPSA) is 49.0 Å². The number of halogens is 1. The molecular formula is C16H14FN3O. The molecule has 0 unspecified atom stereocenters. The zero-order valence-electron chi connectivity index (χ0n) is 11.7. The predicted octanol–water partition coefficient (Wildman–Crippen LogP) is 2.38. The van der Waals surface area contributed by atoms with E-state index in [1.165, 1.54) is 28.8 Å². The van der Waals surface area contributed by atoms with Gasteiger partial charge in [0.25, 0.3) is 5.56 Å².